The van der Waals surface area contributed by atoms with Crippen molar-refractivity contribution in [2.24, 2.45) is 5.73 Å². The predicted octanol–water partition coefficient (Wildman–Crippen LogP) is 3.18. The summed E-state index contributed by atoms with van der Waals surface area (Å²) in [6, 6.07) is 11.0. The topological polar surface area (TPSA) is 61.7 Å². The Balaban J connectivity index is 1.69. The Morgan fingerprint density at radius 3 is 2.87 bits per heavy atom. The Morgan fingerprint density at radius 2 is 2.04 bits per heavy atom. The molecule has 0 amide bonds. The quantitative estimate of drug-likeness (QED) is 0.808. The second-order valence-corrected chi connectivity index (χ2v) is 6.24. The lowest BCUT2D eigenvalue weighted by atomic mass is 9.91. The Labute approximate surface area is 135 Å². The largest absolute Gasteiger partial charge is 0.328 e. The highest BCUT2D eigenvalue weighted by atomic mass is 15.3. The molecule has 0 saturated heterocycles. The molecule has 23 heavy (non-hydrogen) atoms. The molecule has 1 aromatic carbocycles. The molecule has 0 unspecified atom stereocenters. The molecular weight excluding hydrogens is 286 g/mol. The lowest BCUT2D eigenvalue weighted by Crippen LogP contribution is -2.29. The van der Waals surface area contributed by atoms with E-state index in [0.29, 0.717) is 12.1 Å². The van der Waals surface area contributed by atoms with E-state index in [1.165, 1.54) is 12.8 Å². The fourth-order valence-corrected chi connectivity index (χ4v) is 3.49. The van der Waals surface area contributed by atoms with E-state index in [4.69, 9.17) is 5.73 Å². The average molecular weight is 307 g/mol. The minimum atomic E-state index is 0.305. The first kappa shape index (κ1) is 14.2. The molecule has 1 aliphatic carbocycles. The van der Waals surface area contributed by atoms with E-state index in [-0.39, 0.29) is 0 Å². The van der Waals surface area contributed by atoms with Crippen LogP contribution >= 0.6 is 0 Å². The summed E-state index contributed by atoms with van der Waals surface area (Å²) in [7, 11) is 0. The van der Waals surface area contributed by atoms with Gasteiger partial charge in [0.05, 0.1) is 5.69 Å². The van der Waals surface area contributed by atoms with E-state index in [1.54, 1.807) is 6.20 Å². The van der Waals surface area contributed by atoms with Gasteiger partial charge in [-0.05, 0) is 43.9 Å². The second kappa shape index (κ2) is 6.01. The number of benzene rings is 1. The maximum absolute atomic E-state index is 6.16. The summed E-state index contributed by atoms with van der Waals surface area (Å²) < 4.78 is 4.16. The van der Waals surface area contributed by atoms with Crippen LogP contribution in [0.25, 0.3) is 17.1 Å². The van der Waals surface area contributed by atoms with Gasteiger partial charge >= 0.3 is 0 Å². The third kappa shape index (κ3) is 2.80. The van der Waals surface area contributed by atoms with E-state index in [2.05, 4.69) is 45.1 Å². The fourth-order valence-electron chi connectivity index (χ4n) is 3.49. The van der Waals surface area contributed by atoms with Gasteiger partial charge in [0, 0.05) is 42.4 Å². The Kier molecular flexibility index (Phi) is 3.71. The average Bonchev–Trinajstić information content (AvgIpc) is 3.27. The zero-order valence-corrected chi connectivity index (χ0v) is 13.0. The predicted molar refractivity (Wildman–Crippen MR) is 90.3 cm³/mol. The fraction of sp³-hybridized carbons (Fsp3) is 0.333. The van der Waals surface area contributed by atoms with Gasteiger partial charge in [-0.3, -0.25) is 0 Å². The number of imidazole rings is 1. The van der Waals surface area contributed by atoms with E-state index in [9.17, 15) is 0 Å². The van der Waals surface area contributed by atoms with E-state index < -0.39 is 0 Å². The molecule has 0 spiro atoms. The second-order valence-electron chi connectivity index (χ2n) is 6.24. The van der Waals surface area contributed by atoms with Crippen molar-refractivity contribution in [1.29, 1.82) is 0 Å². The van der Waals surface area contributed by atoms with Crippen LogP contribution < -0.4 is 5.73 Å². The van der Waals surface area contributed by atoms with Gasteiger partial charge in [0.25, 0.3) is 0 Å². The highest BCUT2D eigenvalue weighted by Gasteiger charge is 2.22. The van der Waals surface area contributed by atoms with Crippen LogP contribution in [0, 0.1) is 0 Å². The first-order valence-electron chi connectivity index (χ1n) is 8.20. The van der Waals surface area contributed by atoms with Gasteiger partial charge in [-0.15, -0.1) is 0 Å². The summed E-state index contributed by atoms with van der Waals surface area (Å²) in [5, 5.41) is 4.30. The zero-order chi connectivity index (χ0) is 15.6. The molecule has 0 bridgehead atoms. The van der Waals surface area contributed by atoms with Crippen molar-refractivity contribution in [3.8, 4) is 17.1 Å². The van der Waals surface area contributed by atoms with Crippen LogP contribution in [0.4, 0.5) is 0 Å². The molecular formula is C18H21N5. The van der Waals surface area contributed by atoms with Gasteiger partial charge in [0.2, 0.25) is 0 Å². The molecule has 1 fully saturated rings. The van der Waals surface area contributed by atoms with Crippen LogP contribution in [0.15, 0.2) is 55.1 Å². The summed E-state index contributed by atoms with van der Waals surface area (Å²) >= 11 is 0. The number of rotatable bonds is 3. The van der Waals surface area contributed by atoms with Gasteiger partial charge in [-0.25, -0.2) is 9.67 Å². The van der Waals surface area contributed by atoms with Crippen LogP contribution in [0.1, 0.15) is 31.7 Å². The van der Waals surface area contributed by atoms with Gasteiger partial charge in [-0.1, -0.05) is 12.1 Å². The Hall–Kier alpha value is -2.40. The molecule has 2 aromatic heterocycles. The number of hydrogen-bond acceptors (Lipinski definition) is 3. The number of hydrogen-bond donors (Lipinski definition) is 1. The SMILES string of the molecule is N[C@H]1CCC[C@@H](n2ccnc2-c2cccc(-n3cccn3)c2)C1. The highest BCUT2D eigenvalue weighted by Crippen LogP contribution is 2.31. The van der Waals surface area contributed by atoms with Crippen molar-refractivity contribution < 1.29 is 0 Å². The normalized spacial score (nSPS) is 21.4. The molecule has 0 radical (unpaired) electrons. The van der Waals surface area contributed by atoms with E-state index >= 15 is 0 Å². The minimum Gasteiger partial charge on any atom is -0.328 e. The van der Waals surface area contributed by atoms with Crippen LogP contribution in [0.5, 0.6) is 0 Å². The molecule has 2 N–H and O–H groups in total. The molecule has 0 aliphatic heterocycles. The molecule has 1 saturated carbocycles. The first-order chi connectivity index (χ1) is 11.3. The zero-order valence-electron chi connectivity index (χ0n) is 13.0. The maximum atomic E-state index is 6.16. The third-order valence-electron chi connectivity index (χ3n) is 4.62. The standard InChI is InChI=1S/C18H21N5/c19-15-5-2-6-16(13-15)22-11-9-20-18(22)14-4-1-7-17(12-14)23-10-3-8-21-23/h1,3-4,7-12,15-16H,2,5-6,13,19H2/t15-,16+/m0/s1. The molecule has 5 nitrogen and oxygen atoms in total. The van der Waals surface area contributed by atoms with Crippen LogP contribution in [0.3, 0.4) is 0 Å². The summed E-state index contributed by atoms with van der Waals surface area (Å²) in [5.41, 5.74) is 8.32. The number of aromatic nitrogens is 4. The van der Waals surface area contributed by atoms with Crippen molar-refractivity contribution in [2.45, 2.75) is 37.8 Å². The van der Waals surface area contributed by atoms with Gasteiger partial charge in [-0.2, -0.15) is 5.10 Å². The monoisotopic (exact) mass is 307 g/mol. The molecule has 118 valence electrons. The van der Waals surface area contributed by atoms with Crippen molar-refractivity contribution in [2.75, 3.05) is 0 Å². The Morgan fingerprint density at radius 1 is 1.09 bits per heavy atom. The van der Waals surface area contributed by atoms with Gasteiger partial charge < -0.3 is 10.3 Å². The van der Waals surface area contributed by atoms with Crippen LogP contribution in [-0.4, -0.2) is 25.4 Å². The Bertz CT molecular complexity index is 774. The maximum Gasteiger partial charge on any atom is 0.140 e. The van der Waals surface area contributed by atoms with Gasteiger partial charge in [0.1, 0.15) is 5.82 Å². The number of nitrogens with two attached hydrogens (primary N) is 1. The molecule has 4 rings (SSSR count). The molecule has 3 aromatic rings. The summed E-state index contributed by atoms with van der Waals surface area (Å²) in [6.07, 6.45) is 12.2. The highest BCUT2D eigenvalue weighted by molar-refractivity contribution is 5.59. The third-order valence-corrected chi connectivity index (χ3v) is 4.62. The first-order valence-corrected chi connectivity index (χ1v) is 8.20. The van der Waals surface area contributed by atoms with Crippen LogP contribution in [0.2, 0.25) is 0 Å². The van der Waals surface area contributed by atoms with Crippen LogP contribution in [-0.2, 0) is 0 Å². The lowest BCUT2D eigenvalue weighted by Gasteiger charge is -2.28. The lowest BCUT2D eigenvalue weighted by molar-refractivity contribution is 0.322. The van der Waals surface area contributed by atoms with Crippen molar-refractivity contribution in [3.63, 3.8) is 0 Å². The molecule has 2 heterocycles. The van der Waals surface area contributed by atoms with Crippen molar-refractivity contribution in [3.05, 3.63) is 55.1 Å². The molecule has 5 heteroatoms. The van der Waals surface area contributed by atoms with Gasteiger partial charge in [0.15, 0.2) is 0 Å². The summed E-state index contributed by atoms with van der Waals surface area (Å²) in [6.45, 7) is 0. The minimum absolute atomic E-state index is 0.305. The summed E-state index contributed by atoms with van der Waals surface area (Å²) in [4.78, 5) is 4.60. The van der Waals surface area contributed by atoms with Crippen molar-refractivity contribution in [1.82, 2.24) is 19.3 Å². The number of nitrogens with zero attached hydrogens (tertiary/aromatic N) is 4. The van der Waals surface area contributed by atoms with E-state index in [0.717, 1.165) is 29.9 Å². The summed E-state index contributed by atoms with van der Waals surface area (Å²) in [5.74, 6) is 1.01. The molecule has 1 aliphatic rings. The molecule has 2 atom stereocenters. The smallest absolute Gasteiger partial charge is 0.140 e. The van der Waals surface area contributed by atoms with E-state index in [1.807, 2.05) is 23.1 Å². The van der Waals surface area contributed by atoms with Crippen molar-refractivity contribution >= 4 is 0 Å².